The van der Waals surface area contributed by atoms with Crippen LogP contribution in [0.1, 0.15) is 72.1 Å². The van der Waals surface area contributed by atoms with Gasteiger partial charge in [-0.15, -0.1) is 0 Å². The first-order valence-electron chi connectivity index (χ1n) is 29.4. The standard InChI is InChI=1S/C26H25F5O11.C13H9F5O6.C13H16O5.C7H8O.C6H8O4/c1-13(22(33)37-9-15-7-5-4-6-8-15)40-23(34)14(2)41-24(35)38-11-26(3,10-32)12-39-25(36)42-21-19(30)17(28)16(27)18(29)20(21)31;1-13(2-21-11(19)22-3-13)4-23-12(20)24-10-8(17)6(15)5(14)7(16)9(10)18;1-9(14)12(15)18-10(2)13(16)17-8-11-6-4-3-5-7-11;8-6-7-4-2-1-3-5-7;1-3-5(7)10-4(2)6(8)9-3/h4-8,13-14,32H,9-12H2,1-3H3;2-4H2,1H3;3-7,9-10,14H,8H2,1-2H3;1-5,8H,6H2;3-4H,1-2H3/t;;;;3-,4-/m....1/s1. The van der Waals surface area contributed by atoms with Gasteiger partial charge in [0.25, 0.3) is 0 Å². The third-order valence-electron chi connectivity index (χ3n) is 12.7. The summed E-state index contributed by atoms with van der Waals surface area (Å²) in [5, 5.41) is 27.1. The van der Waals surface area contributed by atoms with Gasteiger partial charge in [-0.2, -0.15) is 17.6 Å². The number of esters is 6. The van der Waals surface area contributed by atoms with Crippen LogP contribution in [0.4, 0.5) is 63.1 Å². The van der Waals surface area contributed by atoms with Gasteiger partial charge in [-0.1, -0.05) is 97.9 Å². The first-order chi connectivity index (χ1) is 47.9. The van der Waals surface area contributed by atoms with Crippen LogP contribution < -0.4 is 9.47 Å². The van der Waals surface area contributed by atoms with Gasteiger partial charge in [-0.3, -0.25) is 0 Å². The molecule has 558 valence electrons. The van der Waals surface area contributed by atoms with E-state index < -0.39 is 204 Å². The van der Waals surface area contributed by atoms with E-state index in [1.807, 2.05) is 60.7 Å². The molecule has 2 saturated heterocycles. The molecule has 2 aliphatic heterocycles. The number of aliphatic hydroxyl groups excluding tert-OH is 3. The maximum atomic E-state index is 13.7. The fourth-order valence-corrected chi connectivity index (χ4v) is 6.82. The van der Waals surface area contributed by atoms with Crippen LogP contribution in [0.25, 0.3) is 0 Å². The van der Waals surface area contributed by atoms with E-state index >= 15 is 0 Å². The van der Waals surface area contributed by atoms with Crippen molar-refractivity contribution in [2.45, 2.75) is 112 Å². The Morgan fingerprint density at radius 1 is 0.480 bits per heavy atom. The van der Waals surface area contributed by atoms with Crippen LogP contribution in [0, 0.1) is 69.0 Å². The number of hydrogen-bond acceptors (Lipinski definition) is 27. The molecule has 0 aliphatic carbocycles. The van der Waals surface area contributed by atoms with Crippen LogP contribution in [-0.2, 0) is 105 Å². The minimum absolute atomic E-state index is 0.0673. The zero-order valence-electron chi connectivity index (χ0n) is 54.9. The number of rotatable bonds is 21. The molecule has 0 radical (unpaired) electrons. The first-order valence-corrected chi connectivity index (χ1v) is 29.4. The average Bonchev–Trinajstić information content (AvgIpc) is 0.801. The maximum absolute atomic E-state index is 13.7. The van der Waals surface area contributed by atoms with E-state index in [-0.39, 0.29) is 33.0 Å². The second-order valence-corrected chi connectivity index (χ2v) is 21.8. The quantitative estimate of drug-likeness (QED) is 0.0154. The monoisotopic (exact) mass is 1470 g/mol. The molecule has 102 heavy (non-hydrogen) atoms. The van der Waals surface area contributed by atoms with Crippen molar-refractivity contribution in [3.05, 3.63) is 166 Å². The predicted octanol–water partition coefficient (Wildman–Crippen LogP) is 9.27. The Kier molecular flexibility index (Phi) is 34.4. The van der Waals surface area contributed by atoms with Crippen LogP contribution in [0.5, 0.6) is 11.5 Å². The number of carbonyl (C=O) groups is 10. The highest BCUT2D eigenvalue weighted by molar-refractivity contribution is 5.87. The summed E-state index contributed by atoms with van der Waals surface area (Å²) in [7, 11) is 0. The number of benzene rings is 5. The van der Waals surface area contributed by atoms with E-state index in [0.717, 1.165) is 18.1 Å². The molecule has 0 spiro atoms. The number of ether oxygens (including phenoxy) is 14. The predicted molar refractivity (Wildman–Crippen MR) is 318 cm³/mol. The van der Waals surface area contributed by atoms with Gasteiger partial charge in [-0.05, 0) is 65.2 Å². The molecule has 7 atom stereocenters. The van der Waals surface area contributed by atoms with Crippen molar-refractivity contribution in [1.29, 1.82) is 0 Å². The molecule has 0 bridgehead atoms. The largest absolute Gasteiger partial charge is 0.514 e. The number of aliphatic hydroxyl groups is 3. The van der Waals surface area contributed by atoms with Gasteiger partial charge in [0.1, 0.15) is 52.4 Å². The molecule has 2 aliphatic rings. The summed E-state index contributed by atoms with van der Waals surface area (Å²) in [5.41, 5.74) is -0.0479. The van der Waals surface area contributed by atoms with Gasteiger partial charge in [0.2, 0.25) is 69.7 Å². The van der Waals surface area contributed by atoms with E-state index in [0.29, 0.717) is 5.56 Å². The smallest absolute Gasteiger partial charge is 0.458 e. The van der Waals surface area contributed by atoms with E-state index in [1.165, 1.54) is 48.5 Å². The van der Waals surface area contributed by atoms with Crippen molar-refractivity contribution < 1.29 is 173 Å². The molecule has 27 nitrogen and oxygen atoms in total. The summed E-state index contributed by atoms with van der Waals surface area (Å²) in [6, 6.07) is 27.4. The second kappa shape index (κ2) is 41.1. The van der Waals surface area contributed by atoms with Gasteiger partial charge in [-0.25, -0.2) is 74.3 Å². The lowest BCUT2D eigenvalue weighted by molar-refractivity contribution is -0.191. The van der Waals surface area contributed by atoms with Crippen LogP contribution in [-0.4, -0.2) is 152 Å². The highest BCUT2D eigenvalue weighted by atomic mass is 19.2. The van der Waals surface area contributed by atoms with E-state index in [1.54, 1.807) is 30.3 Å². The Bertz CT molecular complexity index is 3600. The Labute approximate surface area is 572 Å². The Morgan fingerprint density at radius 3 is 1.17 bits per heavy atom. The third kappa shape index (κ3) is 27.7. The van der Waals surface area contributed by atoms with Crippen LogP contribution in [0.2, 0.25) is 0 Å². The van der Waals surface area contributed by atoms with Gasteiger partial charge in [0, 0.05) is 0 Å². The third-order valence-corrected chi connectivity index (χ3v) is 12.7. The van der Waals surface area contributed by atoms with Crippen molar-refractivity contribution in [3.63, 3.8) is 0 Å². The van der Waals surface area contributed by atoms with Crippen molar-refractivity contribution >= 4 is 60.4 Å². The number of hydrogen-bond donors (Lipinski definition) is 3. The van der Waals surface area contributed by atoms with E-state index in [2.05, 4.69) is 37.9 Å². The zero-order valence-corrected chi connectivity index (χ0v) is 54.9. The molecule has 37 heteroatoms. The van der Waals surface area contributed by atoms with Gasteiger partial charge in [0.15, 0.2) is 30.5 Å². The highest BCUT2D eigenvalue weighted by Gasteiger charge is 2.38. The highest BCUT2D eigenvalue weighted by Crippen LogP contribution is 2.32. The first kappa shape index (κ1) is 85.4. The van der Waals surface area contributed by atoms with Gasteiger partial charge in [0.05, 0.1) is 24.0 Å². The van der Waals surface area contributed by atoms with Gasteiger partial charge < -0.3 is 81.6 Å². The maximum Gasteiger partial charge on any atom is 0.514 e. The molecular weight excluding hydrogens is 1400 g/mol. The fourth-order valence-electron chi connectivity index (χ4n) is 6.82. The van der Waals surface area contributed by atoms with Gasteiger partial charge >= 0.3 is 60.4 Å². The number of carbonyl (C=O) groups excluding carboxylic acids is 10. The lowest BCUT2D eigenvalue weighted by Crippen LogP contribution is -2.41. The van der Waals surface area contributed by atoms with E-state index in [9.17, 15) is 97.0 Å². The minimum Gasteiger partial charge on any atom is -0.458 e. The summed E-state index contributed by atoms with van der Waals surface area (Å²) in [5.74, 6) is -31.7. The minimum atomic E-state index is -2.47. The molecule has 2 heterocycles. The molecule has 5 aromatic rings. The lowest BCUT2D eigenvalue weighted by Gasteiger charge is -2.31. The molecular formula is C65H66F10O27. The Balaban J connectivity index is 0.000000376. The van der Waals surface area contributed by atoms with Crippen LogP contribution in [0.3, 0.4) is 0 Å². The normalized spacial score (nSPS) is 15.8. The average molecular weight is 1470 g/mol. The topological polar surface area (TPSA) is 361 Å². The molecule has 5 unspecified atom stereocenters. The zero-order chi connectivity index (χ0) is 76.8. The lowest BCUT2D eigenvalue weighted by atomic mass is 9.94. The van der Waals surface area contributed by atoms with Crippen molar-refractivity contribution in [2.75, 3.05) is 39.6 Å². The number of halogens is 10. The fraction of sp³-hybridized carbons (Fsp3) is 0.385. The summed E-state index contributed by atoms with van der Waals surface area (Å²) in [4.78, 5) is 114. The Morgan fingerprint density at radius 2 is 0.814 bits per heavy atom. The van der Waals surface area contributed by atoms with Crippen LogP contribution in [0.15, 0.2) is 91.0 Å². The molecule has 3 N–H and O–H groups in total. The van der Waals surface area contributed by atoms with Crippen molar-refractivity contribution in [2.24, 2.45) is 10.8 Å². The summed E-state index contributed by atoms with van der Waals surface area (Å²) in [6.45, 7) is 7.64. The molecule has 2 fully saturated rings. The van der Waals surface area contributed by atoms with Crippen LogP contribution >= 0.6 is 0 Å². The molecule has 0 aromatic heterocycles. The molecule has 0 amide bonds. The molecule has 0 saturated carbocycles. The molecule has 5 aromatic carbocycles. The summed E-state index contributed by atoms with van der Waals surface area (Å²) >= 11 is 0. The second-order valence-electron chi connectivity index (χ2n) is 21.8. The Hall–Kier alpha value is -10.8. The summed E-state index contributed by atoms with van der Waals surface area (Å²) in [6.07, 6.45) is -12.7. The SMILES string of the molecule is CC(O)C(=O)OC(C)C(=O)OCc1ccccc1.CC(OC(=O)OCC(C)(CO)COC(=O)Oc1c(F)c(F)c(F)c(F)c1F)C(=O)OC(C)C(=O)OCc1ccccc1.CC1(COC(=O)Oc2c(F)c(F)c(F)c(F)c2F)COC(=O)OC1.C[C@H]1OC(=O)[C@@H](C)OC1=O.OCc1ccccc1. The van der Waals surface area contributed by atoms with Crippen molar-refractivity contribution in [3.8, 4) is 11.5 Å². The number of cyclic esters (lactones) is 4. The molecule has 7 rings (SSSR count). The summed E-state index contributed by atoms with van der Waals surface area (Å²) < 4.78 is 197. The van der Waals surface area contributed by atoms with Crippen molar-refractivity contribution in [1.82, 2.24) is 0 Å². The van der Waals surface area contributed by atoms with E-state index in [4.69, 9.17) is 38.6 Å².